The van der Waals surface area contributed by atoms with Crippen LogP contribution in [0.3, 0.4) is 0 Å². The Hall–Kier alpha value is 0.230. The zero-order valence-corrected chi connectivity index (χ0v) is 6.93. The van der Waals surface area contributed by atoms with Crippen molar-refractivity contribution < 1.29 is 10.2 Å². The molecular formula is C6H15NO2S. The number of rotatable bonds is 6. The van der Waals surface area contributed by atoms with Crippen LogP contribution in [0.15, 0.2) is 0 Å². The maximum Gasteiger partial charge on any atom is 0.0558 e. The van der Waals surface area contributed by atoms with E-state index < -0.39 is 0 Å². The standard InChI is InChI=1S/C6H15NO2S/c8-4-1-7(2-5-9)3-6-10/h8-10H,1-6H2. The number of nitrogens with zero attached hydrogens (tertiary/aromatic N) is 1. The molecule has 0 rings (SSSR count). The lowest BCUT2D eigenvalue weighted by Gasteiger charge is -2.18. The largest absolute Gasteiger partial charge is 0.395 e. The molecule has 0 aliphatic heterocycles. The molecule has 3 nitrogen and oxygen atoms in total. The minimum absolute atomic E-state index is 0.147. The summed E-state index contributed by atoms with van der Waals surface area (Å²) in [5.41, 5.74) is 0. The molecule has 0 aromatic heterocycles. The van der Waals surface area contributed by atoms with Crippen molar-refractivity contribution in [1.82, 2.24) is 4.90 Å². The molecule has 0 aliphatic carbocycles. The van der Waals surface area contributed by atoms with Gasteiger partial charge < -0.3 is 10.2 Å². The Kier molecular flexibility index (Phi) is 7.51. The molecule has 4 heteroatoms. The average molecular weight is 165 g/mol. The summed E-state index contributed by atoms with van der Waals surface area (Å²) in [7, 11) is 0. The first kappa shape index (κ1) is 10.2. The minimum atomic E-state index is 0.147. The Morgan fingerprint density at radius 2 is 1.50 bits per heavy atom. The predicted octanol–water partition coefficient (Wildman–Crippen LogP) is -0.797. The van der Waals surface area contributed by atoms with Gasteiger partial charge in [-0.15, -0.1) is 0 Å². The molecule has 0 unspecified atom stereocenters. The number of aliphatic hydroxyl groups is 2. The fourth-order valence-corrected chi connectivity index (χ4v) is 1.04. The summed E-state index contributed by atoms with van der Waals surface area (Å²) in [4.78, 5) is 1.97. The third kappa shape index (κ3) is 5.05. The van der Waals surface area contributed by atoms with E-state index in [1.165, 1.54) is 0 Å². The summed E-state index contributed by atoms with van der Waals surface area (Å²) in [5, 5.41) is 17.1. The third-order valence-electron chi connectivity index (χ3n) is 1.25. The van der Waals surface area contributed by atoms with Gasteiger partial charge in [-0.05, 0) is 0 Å². The molecule has 0 bridgehead atoms. The van der Waals surface area contributed by atoms with Crippen LogP contribution in [-0.2, 0) is 0 Å². The molecule has 2 N–H and O–H groups in total. The van der Waals surface area contributed by atoms with Gasteiger partial charge in [-0.25, -0.2) is 0 Å². The van der Waals surface area contributed by atoms with Crippen molar-refractivity contribution in [2.24, 2.45) is 0 Å². The van der Waals surface area contributed by atoms with Gasteiger partial charge in [-0.1, -0.05) is 0 Å². The first-order valence-electron chi connectivity index (χ1n) is 3.40. The van der Waals surface area contributed by atoms with Crippen LogP contribution in [0.5, 0.6) is 0 Å². The van der Waals surface area contributed by atoms with Gasteiger partial charge in [0.15, 0.2) is 0 Å². The lowest BCUT2D eigenvalue weighted by atomic mass is 10.5. The monoisotopic (exact) mass is 165 g/mol. The molecule has 0 spiro atoms. The van der Waals surface area contributed by atoms with Crippen molar-refractivity contribution in [1.29, 1.82) is 0 Å². The van der Waals surface area contributed by atoms with Gasteiger partial charge in [0, 0.05) is 25.4 Å². The van der Waals surface area contributed by atoms with E-state index in [9.17, 15) is 0 Å². The number of thiol groups is 1. The van der Waals surface area contributed by atoms with Gasteiger partial charge in [0.25, 0.3) is 0 Å². The second-order valence-corrected chi connectivity index (χ2v) is 2.46. The molecule has 62 valence electrons. The van der Waals surface area contributed by atoms with Crippen LogP contribution in [0.2, 0.25) is 0 Å². The van der Waals surface area contributed by atoms with Gasteiger partial charge in [-0.3, -0.25) is 4.90 Å². The van der Waals surface area contributed by atoms with Crippen LogP contribution in [0.4, 0.5) is 0 Å². The highest BCUT2D eigenvalue weighted by Crippen LogP contribution is 1.87. The Labute approximate surface area is 67.1 Å². The van der Waals surface area contributed by atoms with E-state index >= 15 is 0 Å². The normalized spacial score (nSPS) is 10.8. The van der Waals surface area contributed by atoms with Crippen LogP contribution in [0.25, 0.3) is 0 Å². The zero-order valence-electron chi connectivity index (χ0n) is 6.03. The Balaban J connectivity index is 3.30. The lowest BCUT2D eigenvalue weighted by Crippen LogP contribution is -2.31. The summed E-state index contributed by atoms with van der Waals surface area (Å²) >= 11 is 4.04. The first-order chi connectivity index (χ1) is 4.85. The fraction of sp³-hybridized carbons (Fsp3) is 1.00. The maximum atomic E-state index is 8.54. The minimum Gasteiger partial charge on any atom is -0.395 e. The predicted molar refractivity (Wildman–Crippen MR) is 44.5 cm³/mol. The average Bonchev–Trinajstić information content (AvgIpc) is 1.90. The van der Waals surface area contributed by atoms with E-state index in [0.717, 1.165) is 12.3 Å². The van der Waals surface area contributed by atoms with Crippen molar-refractivity contribution >= 4 is 12.6 Å². The number of aliphatic hydroxyl groups excluding tert-OH is 2. The highest BCUT2D eigenvalue weighted by Gasteiger charge is 1.99. The number of hydrogen-bond donors (Lipinski definition) is 3. The van der Waals surface area contributed by atoms with Crippen molar-refractivity contribution in [2.45, 2.75) is 0 Å². The molecule has 0 aromatic rings. The smallest absolute Gasteiger partial charge is 0.0558 e. The van der Waals surface area contributed by atoms with Crippen molar-refractivity contribution in [3.63, 3.8) is 0 Å². The molecule has 0 amide bonds. The quantitative estimate of drug-likeness (QED) is 0.452. The van der Waals surface area contributed by atoms with Crippen molar-refractivity contribution in [3.8, 4) is 0 Å². The summed E-state index contributed by atoms with van der Waals surface area (Å²) in [6, 6.07) is 0. The highest BCUT2D eigenvalue weighted by atomic mass is 32.1. The van der Waals surface area contributed by atoms with Crippen LogP contribution in [0, 0.1) is 0 Å². The van der Waals surface area contributed by atoms with E-state index in [4.69, 9.17) is 10.2 Å². The zero-order chi connectivity index (χ0) is 7.82. The summed E-state index contributed by atoms with van der Waals surface area (Å²) in [6.45, 7) is 2.37. The molecule has 0 saturated heterocycles. The third-order valence-corrected chi connectivity index (χ3v) is 1.45. The molecule has 10 heavy (non-hydrogen) atoms. The lowest BCUT2D eigenvalue weighted by molar-refractivity contribution is 0.167. The maximum absolute atomic E-state index is 8.54. The summed E-state index contributed by atoms with van der Waals surface area (Å²) in [6.07, 6.45) is 0. The van der Waals surface area contributed by atoms with Crippen LogP contribution < -0.4 is 0 Å². The van der Waals surface area contributed by atoms with Crippen LogP contribution in [0.1, 0.15) is 0 Å². The fourth-order valence-electron chi connectivity index (χ4n) is 0.760. The second kappa shape index (κ2) is 7.34. The summed E-state index contributed by atoms with van der Waals surface area (Å²) < 4.78 is 0. The van der Waals surface area contributed by atoms with E-state index in [-0.39, 0.29) is 13.2 Å². The molecule has 0 aliphatic rings. The molecule has 0 fully saturated rings. The van der Waals surface area contributed by atoms with Gasteiger partial charge in [0.2, 0.25) is 0 Å². The summed E-state index contributed by atoms with van der Waals surface area (Å²) in [5.74, 6) is 0.764. The SMILES string of the molecule is OCCN(CCO)CCS. The number of hydrogen-bond acceptors (Lipinski definition) is 4. The second-order valence-electron chi connectivity index (χ2n) is 2.01. The molecule has 0 aromatic carbocycles. The van der Waals surface area contributed by atoms with E-state index in [0.29, 0.717) is 13.1 Å². The molecule has 0 heterocycles. The molecule has 0 radical (unpaired) electrons. The van der Waals surface area contributed by atoms with Gasteiger partial charge >= 0.3 is 0 Å². The van der Waals surface area contributed by atoms with Crippen molar-refractivity contribution in [2.75, 3.05) is 38.6 Å². The molecule has 0 atom stereocenters. The topological polar surface area (TPSA) is 43.7 Å². The van der Waals surface area contributed by atoms with E-state index in [2.05, 4.69) is 12.6 Å². The Morgan fingerprint density at radius 3 is 1.80 bits per heavy atom. The van der Waals surface area contributed by atoms with Gasteiger partial charge in [-0.2, -0.15) is 12.6 Å². The van der Waals surface area contributed by atoms with E-state index in [1.54, 1.807) is 0 Å². The Bertz CT molecular complexity index is 58.5. The molecular weight excluding hydrogens is 150 g/mol. The van der Waals surface area contributed by atoms with Crippen LogP contribution >= 0.6 is 12.6 Å². The van der Waals surface area contributed by atoms with E-state index in [1.807, 2.05) is 4.90 Å². The van der Waals surface area contributed by atoms with Gasteiger partial charge in [0.1, 0.15) is 0 Å². The van der Waals surface area contributed by atoms with Crippen LogP contribution in [-0.4, -0.2) is 53.7 Å². The highest BCUT2D eigenvalue weighted by molar-refractivity contribution is 7.80. The van der Waals surface area contributed by atoms with Crippen molar-refractivity contribution in [3.05, 3.63) is 0 Å². The molecule has 0 saturated carbocycles. The first-order valence-corrected chi connectivity index (χ1v) is 4.03. The Morgan fingerprint density at radius 1 is 1.00 bits per heavy atom. The van der Waals surface area contributed by atoms with Gasteiger partial charge in [0.05, 0.1) is 13.2 Å².